The smallest absolute Gasteiger partial charge is 0.319 e. The quantitative estimate of drug-likeness (QED) is 0.797. The summed E-state index contributed by atoms with van der Waals surface area (Å²) in [5, 5.41) is 3.42. The Kier molecular flexibility index (Phi) is 5.59. The van der Waals surface area contributed by atoms with E-state index in [0.29, 0.717) is 47.4 Å². The van der Waals surface area contributed by atoms with E-state index in [1.54, 1.807) is 36.0 Å². The number of amides is 3. The first-order valence-corrected chi connectivity index (χ1v) is 8.06. The van der Waals surface area contributed by atoms with Crippen molar-refractivity contribution < 1.29 is 9.59 Å². The average Bonchev–Trinajstić information content (AvgIpc) is 2.51. The van der Waals surface area contributed by atoms with Gasteiger partial charge in [-0.05, 0) is 25.0 Å². The first-order chi connectivity index (χ1) is 10.8. The van der Waals surface area contributed by atoms with E-state index in [9.17, 15) is 9.59 Å². The summed E-state index contributed by atoms with van der Waals surface area (Å²) in [6, 6.07) is 3.12. The topological polar surface area (TPSA) is 78.7 Å². The molecule has 1 aliphatic rings. The van der Waals surface area contributed by atoms with Gasteiger partial charge in [0.15, 0.2) is 0 Å². The number of carbonyl (C=O) groups is 2. The van der Waals surface area contributed by atoms with Crippen LogP contribution in [0.15, 0.2) is 12.1 Å². The highest BCUT2D eigenvalue weighted by Crippen LogP contribution is 2.31. The van der Waals surface area contributed by atoms with Crippen LogP contribution in [0.2, 0.25) is 10.0 Å². The molecule has 1 fully saturated rings. The summed E-state index contributed by atoms with van der Waals surface area (Å²) in [6.07, 6.45) is 1.25. The highest BCUT2D eigenvalue weighted by Gasteiger charge is 2.28. The number of halogens is 2. The number of nitrogens with two attached hydrogens (primary N) is 1. The molecule has 8 heteroatoms. The summed E-state index contributed by atoms with van der Waals surface area (Å²) in [5.41, 5.74) is 6.49. The maximum atomic E-state index is 12.3. The van der Waals surface area contributed by atoms with E-state index >= 15 is 0 Å². The average molecular weight is 359 g/mol. The van der Waals surface area contributed by atoms with Crippen LogP contribution in [0, 0.1) is 5.92 Å². The summed E-state index contributed by atoms with van der Waals surface area (Å²) in [5.74, 6) is -0.241. The standard InChI is InChI=1S/C15H20Cl2N4O2/c1-20(2)15(23)21-5-3-9(4-6-21)14(22)19-10-7-11(16)13(18)12(17)8-10/h7-9H,3-6,18H2,1-2H3,(H,19,22). The van der Waals surface area contributed by atoms with Gasteiger partial charge in [-0.15, -0.1) is 0 Å². The molecule has 1 saturated heterocycles. The van der Waals surface area contributed by atoms with Crippen molar-refractivity contribution in [2.45, 2.75) is 12.8 Å². The van der Waals surface area contributed by atoms with Crippen LogP contribution in [-0.2, 0) is 4.79 Å². The highest BCUT2D eigenvalue weighted by molar-refractivity contribution is 6.39. The number of nitrogen functional groups attached to an aromatic ring is 1. The van der Waals surface area contributed by atoms with E-state index in [1.807, 2.05) is 0 Å². The lowest BCUT2D eigenvalue weighted by molar-refractivity contribution is -0.121. The molecule has 23 heavy (non-hydrogen) atoms. The van der Waals surface area contributed by atoms with Crippen LogP contribution < -0.4 is 11.1 Å². The molecule has 0 unspecified atom stereocenters. The molecule has 0 atom stereocenters. The molecule has 126 valence electrons. The molecule has 0 saturated carbocycles. The van der Waals surface area contributed by atoms with E-state index < -0.39 is 0 Å². The number of hydrogen-bond donors (Lipinski definition) is 2. The zero-order chi connectivity index (χ0) is 17.1. The summed E-state index contributed by atoms with van der Waals surface area (Å²) in [6.45, 7) is 1.14. The van der Waals surface area contributed by atoms with Crippen molar-refractivity contribution in [1.29, 1.82) is 0 Å². The van der Waals surface area contributed by atoms with Crippen LogP contribution >= 0.6 is 23.2 Å². The molecule has 1 heterocycles. The summed E-state index contributed by atoms with van der Waals surface area (Å²) in [7, 11) is 3.44. The van der Waals surface area contributed by atoms with Crippen LogP contribution in [0.3, 0.4) is 0 Å². The third kappa shape index (κ3) is 4.20. The number of hydrogen-bond acceptors (Lipinski definition) is 3. The van der Waals surface area contributed by atoms with Crippen molar-refractivity contribution in [3.8, 4) is 0 Å². The molecule has 3 amide bonds. The summed E-state index contributed by atoms with van der Waals surface area (Å²) in [4.78, 5) is 27.5. The second-order valence-corrected chi connectivity index (χ2v) is 6.60. The van der Waals surface area contributed by atoms with Crippen molar-refractivity contribution in [3.63, 3.8) is 0 Å². The number of carbonyl (C=O) groups excluding carboxylic acids is 2. The Morgan fingerprint density at radius 3 is 2.22 bits per heavy atom. The first-order valence-electron chi connectivity index (χ1n) is 7.31. The predicted octanol–water partition coefficient (Wildman–Crippen LogP) is 2.91. The van der Waals surface area contributed by atoms with Gasteiger partial charge in [-0.3, -0.25) is 4.79 Å². The first kappa shape index (κ1) is 17.7. The van der Waals surface area contributed by atoms with Gasteiger partial charge in [0.2, 0.25) is 5.91 Å². The minimum atomic E-state index is -0.142. The number of urea groups is 1. The SMILES string of the molecule is CN(C)C(=O)N1CCC(C(=O)Nc2cc(Cl)c(N)c(Cl)c2)CC1. The fraction of sp³-hybridized carbons (Fsp3) is 0.467. The van der Waals surface area contributed by atoms with Gasteiger partial charge in [-0.25, -0.2) is 4.79 Å². The minimum absolute atomic E-state index is 0.0269. The fourth-order valence-electron chi connectivity index (χ4n) is 2.52. The van der Waals surface area contributed by atoms with E-state index in [0.717, 1.165) is 0 Å². The number of nitrogens with one attached hydrogen (secondary N) is 1. The third-order valence-corrected chi connectivity index (χ3v) is 4.49. The summed E-state index contributed by atoms with van der Waals surface area (Å²) < 4.78 is 0. The Bertz CT molecular complexity index is 590. The monoisotopic (exact) mass is 358 g/mol. The molecular formula is C15H20Cl2N4O2. The lowest BCUT2D eigenvalue weighted by Gasteiger charge is -2.33. The zero-order valence-corrected chi connectivity index (χ0v) is 14.6. The number of likely N-dealkylation sites (tertiary alicyclic amines) is 1. The van der Waals surface area contributed by atoms with Gasteiger partial charge in [-0.2, -0.15) is 0 Å². The van der Waals surface area contributed by atoms with Crippen LogP contribution in [0.5, 0.6) is 0 Å². The predicted molar refractivity (Wildman–Crippen MR) is 92.9 cm³/mol. The van der Waals surface area contributed by atoms with Gasteiger partial charge in [-0.1, -0.05) is 23.2 Å². The molecular weight excluding hydrogens is 339 g/mol. The molecule has 0 aromatic heterocycles. The van der Waals surface area contributed by atoms with E-state index in [-0.39, 0.29) is 17.9 Å². The third-order valence-electron chi connectivity index (χ3n) is 3.87. The molecule has 1 aromatic rings. The van der Waals surface area contributed by atoms with Gasteiger partial charge in [0.05, 0.1) is 15.7 Å². The zero-order valence-electron chi connectivity index (χ0n) is 13.1. The lowest BCUT2D eigenvalue weighted by Crippen LogP contribution is -2.45. The van der Waals surface area contributed by atoms with Crippen molar-refractivity contribution in [2.24, 2.45) is 5.92 Å². The van der Waals surface area contributed by atoms with Crippen LogP contribution in [0.1, 0.15) is 12.8 Å². The van der Waals surface area contributed by atoms with Crippen LogP contribution in [0.4, 0.5) is 16.2 Å². The maximum Gasteiger partial charge on any atom is 0.319 e. The Hall–Kier alpha value is -1.66. The Morgan fingerprint density at radius 2 is 1.74 bits per heavy atom. The van der Waals surface area contributed by atoms with Crippen molar-refractivity contribution in [3.05, 3.63) is 22.2 Å². The second-order valence-electron chi connectivity index (χ2n) is 5.78. The minimum Gasteiger partial charge on any atom is -0.396 e. The molecule has 0 spiro atoms. The number of benzene rings is 1. The second kappa shape index (κ2) is 7.27. The summed E-state index contributed by atoms with van der Waals surface area (Å²) >= 11 is 11.9. The normalized spacial score (nSPS) is 15.4. The van der Waals surface area contributed by atoms with Gasteiger partial charge < -0.3 is 20.9 Å². The largest absolute Gasteiger partial charge is 0.396 e. The number of piperidine rings is 1. The lowest BCUT2D eigenvalue weighted by atomic mass is 9.96. The number of anilines is 2. The fourth-order valence-corrected chi connectivity index (χ4v) is 3.00. The van der Waals surface area contributed by atoms with Gasteiger partial charge in [0.1, 0.15) is 0 Å². The number of rotatable bonds is 2. The van der Waals surface area contributed by atoms with Crippen molar-refractivity contribution in [2.75, 3.05) is 38.2 Å². The Morgan fingerprint density at radius 1 is 1.22 bits per heavy atom. The van der Waals surface area contributed by atoms with E-state index in [1.165, 1.54) is 0 Å². The molecule has 0 radical (unpaired) electrons. The van der Waals surface area contributed by atoms with Gasteiger partial charge >= 0.3 is 6.03 Å². The van der Waals surface area contributed by atoms with Crippen molar-refractivity contribution >= 4 is 46.5 Å². The van der Waals surface area contributed by atoms with Crippen LogP contribution in [0.25, 0.3) is 0 Å². The van der Waals surface area contributed by atoms with Gasteiger partial charge in [0.25, 0.3) is 0 Å². The van der Waals surface area contributed by atoms with E-state index in [4.69, 9.17) is 28.9 Å². The molecule has 1 aromatic carbocycles. The molecule has 6 nitrogen and oxygen atoms in total. The molecule has 0 bridgehead atoms. The molecule has 0 aliphatic carbocycles. The highest BCUT2D eigenvalue weighted by atomic mass is 35.5. The van der Waals surface area contributed by atoms with Crippen LogP contribution in [-0.4, -0.2) is 48.9 Å². The molecule has 3 N–H and O–H groups in total. The Balaban J connectivity index is 1.94. The maximum absolute atomic E-state index is 12.3. The van der Waals surface area contributed by atoms with Gasteiger partial charge in [0, 0.05) is 38.8 Å². The Labute approximate surface area is 145 Å². The molecule has 1 aliphatic heterocycles. The number of nitrogens with zero attached hydrogens (tertiary/aromatic N) is 2. The molecule has 2 rings (SSSR count). The van der Waals surface area contributed by atoms with E-state index in [2.05, 4.69) is 5.32 Å². The van der Waals surface area contributed by atoms with Crippen molar-refractivity contribution in [1.82, 2.24) is 9.80 Å².